The first-order chi connectivity index (χ1) is 14.0. The molecule has 6 heteroatoms. The van der Waals surface area contributed by atoms with Crippen LogP contribution in [0.25, 0.3) is 11.1 Å². The minimum atomic E-state index is -4.66. The monoisotopic (exact) mass is 367 g/mol. The minimum absolute atomic E-state index is 0.0364. The fourth-order valence-electron chi connectivity index (χ4n) is 2.27. The van der Waals surface area contributed by atoms with Crippen LogP contribution in [0.4, 0.5) is 17.6 Å². The van der Waals surface area contributed by atoms with Crippen molar-refractivity contribution in [3.8, 4) is 16.9 Å². The third-order valence-corrected chi connectivity index (χ3v) is 3.71. The number of rotatable bonds is 4. The molecule has 0 radical (unpaired) electrons. The number of ether oxygens (including phenoxy) is 1. The first-order valence-electron chi connectivity index (χ1n) is 10.1. The second-order valence-corrected chi connectivity index (χ2v) is 5.18. The fraction of sp³-hybridized carbons (Fsp3) is 0.333. The molecule has 2 rings (SSSR count). The van der Waals surface area contributed by atoms with Gasteiger partial charge in [-0.05, 0) is 40.8 Å². The quantitative estimate of drug-likeness (QED) is 0.450. The molecular formula is C18H17ClF4O. The highest BCUT2D eigenvalue weighted by Crippen LogP contribution is 2.39. The summed E-state index contributed by atoms with van der Waals surface area (Å²) in [6.07, 6.45) is -4.66. The summed E-state index contributed by atoms with van der Waals surface area (Å²) in [5, 5.41) is 0. The van der Waals surface area contributed by atoms with Crippen molar-refractivity contribution in [2.75, 3.05) is 7.11 Å². The average Bonchev–Trinajstić information content (AvgIpc) is 2.64. The number of hydrogen-bond acceptors (Lipinski definition) is 1. The molecule has 0 aromatic heterocycles. The van der Waals surface area contributed by atoms with Crippen LogP contribution < -0.4 is 4.74 Å². The van der Waals surface area contributed by atoms with Gasteiger partial charge in [0.2, 0.25) is 0 Å². The van der Waals surface area contributed by atoms with E-state index in [-0.39, 0.29) is 28.3 Å². The van der Waals surface area contributed by atoms with Gasteiger partial charge in [0, 0.05) is 27.1 Å². The average molecular weight is 368 g/mol. The second-order valence-electron chi connectivity index (χ2n) is 4.91. The summed E-state index contributed by atoms with van der Waals surface area (Å²) >= 11 is 5.81. The van der Waals surface area contributed by atoms with E-state index < -0.39 is 42.7 Å². The molecule has 0 unspecified atom stereocenters. The van der Waals surface area contributed by atoms with Crippen molar-refractivity contribution in [3.63, 3.8) is 0 Å². The van der Waals surface area contributed by atoms with Crippen molar-refractivity contribution >= 4 is 11.6 Å². The molecular weight excluding hydrogens is 344 g/mol. The molecule has 0 N–H and O–H groups in total. The summed E-state index contributed by atoms with van der Waals surface area (Å²) in [6.45, 7) is -6.92. The van der Waals surface area contributed by atoms with Crippen molar-refractivity contribution in [1.29, 1.82) is 0 Å². The fourth-order valence-corrected chi connectivity index (χ4v) is 2.49. The van der Waals surface area contributed by atoms with Crippen LogP contribution in [0.3, 0.4) is 0 Å². The zero-order chi connectivity index (χ0) is 24.0. The number of benzene rings is 2. The maximum Gasteiger partial charge on any atom is 0.416 e. The summed E-state index contributed by atoms with van der Waals surface area (Å²) in [5.74, 6) is -5.26. The number of methoxy groups -OCH3 is 1. The van der Waals surface area contributed by atoms with Gasteiger partial charge in [-0.25, -0.2) is 4.39 Å². The molecule has 0 bridgehead atoms. The minimum Gasteiger partial charge on any atom is -0.496 e. The Hall–Kier alpha value is -1.75. The van der Waals surface area contributed by atoms with Crippen molar-refractivity contribution in [2.45, 2.75) is 31.7 Å². The Bertz CT molecular complexity index is 957. The highest BCUT2D eigenvalue weighted by Gasteiger charge is 2.31. The number of alkyl halides is 4. The third-order valence-electron chi connectivity index (χ3n) is 3.43. The lowest BCUT2D eigenvalue weighted by molar-refractivity contribution is -0.137. The van der Waals surface area contributed by atoms with Gasteiger partial charge in [-0.3, -0.25) is 0 Å². The zero-order valence-corrected chi connectivity index (χ0v) is 13.1. The van der Waals surface area contributed by atoms with Gasteiger partial charge in [0.05, 0.1) is 12.7 Å². The predicted molar refractivity (Wildman–Crippen MR) is 87.0 cm³/mol. The number of halogens is 5. The topological polar surface area (TPSA) is 9.23 Å². The van der Waals surface area contributed by atoms with Crippen molar-refractivity contribution in [1.82, 2.24) is 0 Å². The first-order valence-corrected chi connectivity index (χ1v) is 7.17. The normalized spacial score (nSPS) is 17.7. The molecule has 24 heavy (non-hydrogen) atoms. The second kappa shape index (κ2) is 7.01. The largest absolute Gasteiger partial charge is 0.496 e. The Balaban J connectivity index is 2.89. The summed E-state index contributed by atoms with van der Waals surface area (Å²) < 4.78 is 113. The highest BCUT2D eigenvalue weighted by atomic mass is 35.5. The molecule has 0 fully saturated rings. The molecule has 0 aliphatic heterocycles. The van der Waals surface area contributed by atoms with E-state index in [1.807, 2.05) is 0 Å². The predicted octanol–water partition coefficient (Wildman–Crippen LogP) is 6.38. The Kier molecular flexibility index (Phi) is 3.21. The van der Waals surface area contributed by atoms with Gasteiger partial charge in [-0.15, -0.1) is 11.6 Å². The third kappa shape index (κ3) is 3.66. The van der Waals surface area contributed by atoms with Gasteiger partial charge in [-0.2, -0.15) is 13.2 Å². The van der Waals surface area contributed by atoms with E-state index in [9.17, 15) is 17.6 Å². The van der Waals surface area contributed by atoms with Crippen molar-refractivity contribution in [2.24, 2.45) is 0 Å². The maximum absolute atomic E-state index is 14.8. The Morgan fingerprint density at radius 3 is 2.46 bits per heavy atom. The molecule has 0 heterocycles. The Labute approximate surface area is 153 Å². The van der Waals surface area contributed by atoms with Crippen LogP contribution in [0.5, 0.6) is 5.75 Å². The lowest BCUT2D eigenvalue weighted by atomic mass is 9.93. The van der Waals surface area contributed by atoms with Crippen molar-refractivity contribution in [3.05, 3.63) is 52.8 Å². The smallest absolute Gasteiger partial charge is 0.416 e. The SMILES string of the molecule is [2H]C([2H])([2H])C([2H])(c1cc(-c2ccc(C(F)(F)F)cc2CCl)c(OC)cc1F)C([2H])([2H])[2H]. The van der Waals surface area contributed by atoms with E-state index in [0.717, 1.165) is 31.4 Å². The van der Waals surface area contributed by atoms with E-state index in [2.05, 4.69) is 0 Å². The van der Waals surface area contributed by atoms with Crippen LogP contribution in [0.1, 0.15) is 45.9 Å². The van der Waals surface area contributed by atoms with E-state index in [0.29, 0.717) is 6.07 Å². The molecule has 0 aliphatic rings. The first kappa shape index (κ1) is 11.0. The van der Waals surface area contributed by atoms with E-state index in [1.165, 1.54) is 0 Å². The Morgan fingerprint density at radius 1 is 1.21 bits per heavy atom. The van der Waals surface area contributed by atoms with Crippen LogP contribution in [-0.2, 0) is 12.1 Å². The summed E-state index contributed by atoms with van der Waals surface area (Å²) in [6, 6.07) is 4.05. The highest BCUT2D eigenvalue weighted by molar-refractivity contribution is 6.17. The van der Waals surface area contributed by atoms with E-state index in [4.69, 9.17) is 25.9 Å². The number of hydrogen-bond donors (Lipinski definition) is 0. The lowest BCUT2D eigenvalue weighted by Gasteiger charge is -2.17. The summed E-state index contributed by atoms with van der Waals surface area (Å²) in [7, 11) is 1.14. The Morgan fingerprint density at radius 2 is 1.92 bits per heavy atom. The standard InChI is InChI=1S/C18H17ClF4O/c1-10(2)14-7-15(17(24-3)8-16(14)20)13-5-4-12(18(21,22)23)6-11(13)9-19/h4-8,10H,9H2,1-3H3/i1D3,2D3,10D. The molecule has 0 amide bonds. The molecule has 0 spiro atoms. The molecule has 0 saturated carbocycles. The van der Waals surface area contributed by atoms with Crippen LogP contribution in [0.2, 0.25) is 0 Å². The van der Waals surface area contributed by atoms with Crippen LogP contribution in [0.15, 0.2) is 30.3 Å². The molecule has 0 atom stereocenters. The van der Waals surface area contributed by atoms with E-state index >= 15 is 0 Å². The van der Waals surface area contributed by atoms with Gasteiger partial charge in [0.25, 0.3) is 0 Å². The molecule has 130 valence electrons. The van der Waals surface area contributed by atoms with Crippen LogP contribution in [-0.4, -0.2) is 7.11 Å². The molecule has 2 aromatic carbocycles. The van der Waals surface area contributed by atoms with Gasteiger partial charge in [-0.1, -0.05) is 19.8 Å². The molecule has 0 aliphatic carbocycles. The molecule has 0 saturated heterocycles. The molecule has 2 aromatic rings. The van der Waals surface area contributed by atoms with Gasteiger partial charge in [0.1, 0.15) is 11.6 Å². The van der Waals surface area contributed by atoms with Gasteiger partial charge >= 0.3 is 6.18 Å². The zero-order valence-electron chi connectivity index (χ0n) is 19.4. The lowest BCUT2D eigenvalue weighted by Crippen LogP contribution is -2.06. The van der Waals surface area contributed by atoms with E-state index in [1.54, 1.807) is 0 Å². The maximum atomic E-state index is 14.8. The summed E-state index contributed by atoms with van der Waals surface area (Å²) in [4.78, 5) is 0. The van der Waals surface area contributed by atoms with Gasteiger partial charge < -0.3 is 4.74 Å². The van der Waals surface area contributed by atoms with Gasteiger partial charge in [0.15, 0.2) is 0 Å². The van der Waals surface area contributed by atoms with Crippen molar-refractivity contribution < 1.29 is 31.9 Å². The molecule has 1 nitrogen and oxygen atoms in total. The van der Waals surface area contributed by atoms with Crippen LogP contribution >= 0.6 is 11.6 Å². The van der Waals surface area contributed by atoms with Crippen LogP contribution in [0, 0.1) is 5.82 Å². The summed E-state index contributed by atoms with van der Waals surface area (Å²) in [5.41, 5.74) is -2.06.